The molecule has 1 nitrogen and oxygen atoms in total. The molecule has 0 aliphatic heterocycles. The van der Waals surface area contributed by atoms with Crippen molar-refractivity contribution in [2.75, 3.05) is 0 Å². The maximum Gasteiger partial charge on any atom is 0.0348 e. The van der Waals surface area contributed by atoms with E-state index in [4.69, 9.17) is 0 Å². The molecule has 0 heterocycles. The number of nitrogens with zero attached hydrogens (tertiary/aromatic N) is 1. The van der Waals surface area contributed by atoms with Crippen LogP contribution in [0.25, 0.3) is 11.1 Å². The molecular formula is C20H27N. The minimum absolute atomic E-state index is 0.870. The Balaban J connectivity index is 3.40. The van der Waals surface area contributed by atoms with E-state index in [9.17, 15) is 0 Å². The fraction of sp³-hybridized carbons (Fsp3) is 0.350. The maximum atomic E-state index is 4.48. The summed E-state index contributed by atoms with van der Waals surface area (Å²) < 4.78 is 0. The number of benzene rings is 1. The van der Waals surface area contributed by atoms with Crippen molar-refractivity contribution >= 4 is 17.4 Å². The van der Waals surface area contributed by atoms with Crippen LogP contribution >= 0.6 is 0 Å². The third kappa shape index (κ3) is 4.56. The van der Waals surface area contributed by atoms with Gasteiger partial charge in [0.15, 0.2) is 0 Å². The number of hydrogen-bond acceptors (Lipinski definition) is 1. The minimum Gasteiger partial charge on any atom is -0.261 e. The molecule has 112 valence electrons. The Kier molecular flexibility index (Phi) is 6.36. The second kappa shape index (κ2) is 7.78. The number of hydrogen-bond donors (Lipinski definition) is 0. The van der Waals surface area contributed by atoms with Crippen molar-refractivity contribution in [3.8, 4) is 0 Å². The predicted molar refractivity (Wildman–Crippen MR) is 96.7 cm³/mol. The average Bonchev–Trinajstić information content (AvgIpc) is 2.47. The van der Waals surface area contributed by atoms with Gasteiger partial charge in [0.05, 0.1) is 0 Å². The Morgan fingerprint density at radius 1 is 1.10 bits per heavy atom. The molecule has 0 radical (unpaired) electrons. The van der Waals surface area contributed by atoms with Gasteiger partial charge in [-0.05, 0) is 55.9 Å². The highest BCUT2D eigenvalue weighted by molar-refractivity contribution is 6.12. The molecule has 1 heteroatoms. The highest BCUT2D eigenvalue weighted by Crippen LogP contribution is 2.28. The molecular weight excluding hydrogens is 254 g/mol. The van der Waals surface area contributed by atoms with Gasteiger partial charge in [0.1, 0.15) is 0 Å². The number of aliphatic imine (C=N–C) groups is 1. The molecule has 0 amide bonds. The van der Waals surface area contributed by atoms with Crippen LogP contribution in [0.3, 0.4) is 0 Å². The fourth-order valence-corrected chi connectivity index (χ4v) is 2.09. The standard InChI is InChI=1S/C20H27N/c1-8-16(6)19-12-15(5)10-11-18(19)20(14(3)4)13-21-17(7)9-2/h10-13H,6-9H2,1-5H3. The van der Waals surface area contributed by atoms with Gasteiger partial charge in [-0.25, -0.2) is 0 Å². The van der Waals surface area contributed by atoms with Gasteiger partial charge in [0.2, 0.25) is 0 Å². The summed E-state index contributed by atoms with van der Waals surface area (Å²) in [6.45, 7) is 18.7. The first kappa shape index (κ1) is 17.2. The van der Waals surface area contributed by atoms with E-state index in [1.807, 2.05) is 6.21 Å². The average molecular weight is 281 g/mol. The third-order valence-electron chi connectivity index (χ3n) is 3.60. The molecule has 0 saturated heterocycles. The van der Waals surface area contributed by atoms with Crippen molar-refractivity contribution in [2.45, 2.75) is 47.5 Å². The normalized spacial score (nSPS) is 10.7. The van der Waals surface area contributed by atoms with Crippen LogP contribution in [0.5, 0.6) is 0 Å². The zero-order chi connectivity index (χ0) is 16.0. The van der Waals surface area contributed by atoms with Gasteiger partial charge in [-0.2, -0.15) is 0 Å². The van der Waals surface area contributed by atoms with Crippen molar-refractivity contribution in [1.29, 1.82) is 0 Å². The molecule has 0 atom stereocenters. The largest absolute Gasteiger partial charge is 0.261 e. The second-order valence-corrected chi connectivity index (χ2v) is 5.60. The molecule has 0 aromatic heterocycles. The fourth-order valence-electron chi connectivity index (χ4n) is 2.09. The van der Waals surface area contributed by atoms with Crippen molar-refractivity contribution < 1.29 is 0 Å². The summed E-state index contributed by atoms with van der Waals surface area (Å²) in [4.78, 5) is 4.48. The smallest absolute Gasteiger partial charge is 0.0348 e. The number of aryl methyl sites for hydroxylation is 1. The third-order valence-corrected chi connectivity index (χ3v) is 3.60. The molecule has 0 aliphatic carbocycles. The lowest BCUT2D eigenvalue weighted by Gasteiger charge is -2.14. The van der Waals surface area contributed by atoms with Crippen LogP contribution in [0.1, 0.15) is 57.2 Å². The zero-order valence-corrected chi connectivity index (χ0v) is 14.1. The summed E-state index contributed by atoms with van der Waals surface area (Å²) in [5.74, 6) is 0. The van der Waals surface area contributed by atoms with Crippen molar-refractivity contribution in [2.24, 2.45) is 4.99 Å². The van der Waals surface area contributed by atoms with Crippen molar-refractivity contribution in [1.82, 2.24) is 0 Å². The van der Waals surface area contributed by atoms with E-state index in [-0.39, 0.29) is 0 Å². The summed E-state index contributed by atoms with van der Waals surface area (Å²) in [5.41, 5.74) is 8.16. The topological polar surface area (TPSA) is 12.4 Å². The van der Waals surface area contributed by atoms with Gasteiger partial charge in [-0.1, -0.05) is 56.3 Å². The Morgan fingerprint density at radius 3 is 2.29 bits per heavy atom. The molecule has 1 aromatic rings. The summed E-state index contributed by atoms with van der Waals surface area (Å²) in [7, 11) is 0. The first-order chi connectivity index (χ1) is 9.90. The lowest BCUT2D eigenvalue weighted by Crippen LogP contribution is -1.97. The maximum absolute atomic E-state index is 4.48. The number of rotatable bonds is 6. The Morgan fingerprint density at radius 2 is 1.76 bits per heavy atom. The SMILES string of the molecule is C=C(CC)N=CC(=C(C)C)c1ccc(C)cc1C(=C)CC. The monoisotopic (exact) mass is 281 g/mol. The molecule has 1 aromatic carbocycles. The lowest BCUT2D eigenvalue weighted by molar-refractivity contribution is 1.08. The molecule has 0 unspecified atom stereocenters. The van der Waals surface area contributed by atoms with Gasteiger partial charge in [0.25, 0.3) is 0 Å². The van der Waals surface area contributed by atoms with Gasteiger partial charge in [-0.3, -0.25) is 4.99 Å². The first-order valence-corrected chi connectivity index (χ1v) is 7.59. The first-order valence-electron chi connectivity index (χ1n) is 7.59. The van der Waals surface area contributed by atoms with Gasteiger partial charge in [0, 0.05) is 11.9 Å². The van der Waals surface area contributed by atoms with E-state index in [0.29, 0.717) is 0 Å². The summed E-state index contributed by atoms with van der Waals surface area (Å²) in [6, 6.07) is 6.54. The van der Waals surface area contributed by atoms with Crippen LogP contribution in [-0.4, -0.2) is 6.21 Å². The predicted octanol–water partition coefficient (Wildman–Crippen LogP) is 6.21. The van der Waals surface area contributed by atoms with E-state index in [2.05, 4.69) is 71.0 Å². The molecule has 0 spiro atoms. The van der Waals surface area contributed by atoms with Crippen LogP contribution in [0.2, 0.25) is 0 Å². The van der Waals surface area contributed by atoms with Gasteiger partial charge >= 0.3 is 0 Å². The highest BCUT2D eigenvalue weighted by atomic mass is 14.7. The number of allylic oxidation sites excluding steroid dienone is 4. The quantitative estimate of drug-likeness (QED) is 0.550. The van der Waals surface area contributed by atoms with E-state index >= 15 is 0 Å². The van der Waals surface area contributed by atoms with Crippen LogP contribution in [0.4, 0.5) is 0 Å². The van der Waals surface area contributed by atoms with Crippen LogP contribution in [0, 0.1) is 6.92 Å². The Hall–Kier alpha value is -1.89. The lowest BCUT2D eigenvalue weighted by atomic mass is 9.91. The van der Waals surface area contributed by atoms with E-state index in [1.165, 1.54) is 22.3 Å². The molecule has 0 fully saturated rings. The molecule has 0 bridgehead atoms. The summed E-state index contributed by atoms with van der Waals surface area (Å²) in [5, 5.41) is 0. The van der Waals surface area contributed by atoms with E-state index in [1.54, 1.807) is 0 Å². The highest BCUT2D eigenvalue weighted by Gasteiger charge is 2.10. The summed E-state index contributed by atoms with van der Waals surface area (Å²) in [6.07, 6.45) is 3.76. The summed E-state index contributed by atoms with van der Waals surface area (Å²) >= 11 is 0. The van der Waals surface area contributed by atoms with Gasteiger partial charge in [-0.15, -0.1) is 0 Å². The molecule has 0 aliphatic rings. The molecule has 0 N–H and O–H groups in total. The second-order valence-electron chi connectivity index (χ2n) is 5.60. The Labute approximate surface area is 129 Å². The van der Waals surface area contributed by atoms with Crippen molar-refractivity contribution in [3.63, 3.8) is 0 Å². The molecule has 0 saturated carbocycles. The van der Waals surface area contributed by atoms with Crippen LogP contribution < -0.4 is 0 Å². The molecule has 1 rings (SSSR count). The molecule has 21 heavy (non-hydrogen) atoms. The van der Waals surface area contributed by atoms with Crippen molar-refractivity contribution in [3.05, 3.63) is 59.3 Å². The Bertz CT molecular complexity index is 596. The zero-order valence-electron chi connectivity index (χ0n) is 14.1. The van der Waals surface area contributed by atoms with E-state index < -0.39 is 0 Å². The van der Waals surface area contributed by atoms with Crippen LogP contribution in [-0.2, 0) is 0 Å². The minimum atomic E-state index is 0.870. The van der Waals surface area contributed by atoms with E-state index in [0.717, 1.165) is 29.7 Å². The van der Waals surface area contributed by atoms with Crippen LogP contribution in [0.15, 0.2) is 47.6 Å². The van der Waals surface area contributed by atoms with Gasteiger partial charge < -0.3 is 0 Å².